The number of allylic oxidation sites excluding steroid dienone is 2. The molecule has 11 heteroatoms. The van der Waals surface area contributed by atoms with Crippen LogP contribution in [0.2, 0.25) is 5.02 Å². The van der Waals surface area contributed by atoms with Gasteiger partial charge in [-0.3, -0.25) is 29.0 Å². The zero-order valence-corrected chi connectivity index (χ0v) is 27.2. The number of carbonyl (C=O) groups is 4. The number of aromatic hydroxyl groups is 1. The van der Waals surface area contributed by atoms with Crippen molar-refractivity contribution in [2.45, 2.75) is 18.8 Å². The van der Waals surface area contributed by atoms with Crippen molar-refractivity contribution in [3.63, 3.8) is 0 Å². The molecule has 3 aromatic rings. The molecule has 4 aliphatic rings. The van der Waals surface area contributed by atoms with E-state index in [1.807, 2.05) is 6.08 Å². The Morgan fingerprint density at radius 1 is 0.773 bits per heavy atom. The summed E-state index contributed by atoms with van der Waals surface area (Å²) in [5.74, 6) is -5.22. The van der Waals surface area contributed by atoms with Crippen LogP contribution in [0.25, 0.3) is 0 Å². The second-order valence-corrected chi connectivity index (χ2v) is 13.8. The molecule has 44 heavy (non-hydrogen) atoms. The van der Waals surface area contributed by atoms with Gasteiger partial charge in [-0.05, 0) is 85.0 Å². The summed E-state index contributed by atoms with van der Waals surface area (Å²) in [5.41, 5.74) is 2.37. The lowest BCUT2D eigenvalue weighted by molar-refractivity contribution is -0.126. The van der Waals surface area contributed by atoms with E-state index >= 15 is 0 Å². The maximum absolute atomic E-state index is 14.2. The molecule has 2 heterocycles. The highest BCUT2D eigenvalue weighted by Gasteiger charge is 2.62. The van der Waals surface area contributed by atoms with Crippen molar-refractivity contribution in [1.29, 1.82) is 0 Å². The van der Waals surface area contributed by atoms with Crippen molar-refractivity contribution in [3.05, 3.63) is 91.8 Å². The van der Waals surface area contributed by atoms with Gasteiger partial charge in [0, 0.05) is 14.9 Å². The van der Waals surface area contributed by atoms with Crippen molar-refractivity contribution >= 4 is 78.5 Å². The highest BCUT2D eigenvalue weighted by atomic mass is 79.9. The molecule has 0 unspecified atom stereocenters. The molecule has 8 nitrogen and oxygen atoms in total. The number of carbonyl (C=O) groups excluding carboxylic acids is 4. The van der Waals surface area contributed by atoms with Gasteiger partial charge in [0.15, 0.2) is 11.5 Å². The number of hydrogen-bond acceptors (Lipinski definition) is 6. The van der Waals surface area contributed by atoms with Gasteiger partial charge in [-0.1, -0.05) is 55.1 Å². The van der Waals surface area contributed by atoms with Gasteiger partial charge in [-0.2, -0.15) is 0 Å². The minimum atomic E-state index is -0.773. The number of phenolic OH excluding ortho intramolecular Hbond substituents is 1. The van der Waals surface area contributed by atoms with Gasteiger partial charge < -0.3 is 9.84 Å². The van der Waals surface area contributed by atoms with Crippen LogP contribution in [0, 0.1) is 29.6 Å². The van der Waals surface area contributed by atoms with Crippen LogP contribution >= 0.6 is 43.5 Å². The lowest BCUT2D eigenvalue weighted by Gasteiger charge is -2.44. The van der Waals surface area contributed by atoms with Crippen LogP contribution in [0.1, 0.15) is 24.3 Å². The fourth-order valence-electron chi connectivity index (χ4n) is 7.58. The average molecular weight is 741 g/mol. The Balaban J connectivity index is 1.35. The summed E-state index contributed by atoms with van der Waals surface area (Å²) in [6.45, 7) is 0. The molecule has 0 aromatic heterocycles. The third kappa shape index (κ3) is 4.36. The fourth-order valence-corrected chi connectivity index (χ4v) is 8.33. The molecule has 2 saturated heterocycles. The number of phenols is 1. The standard InChI is InChI=1S/C33H25Br2ClN2O6/c1-44-25-13-15(12-24(36)29(25)39)26-20-10-11-21-27(32(42)37(30(21)40)18-6-2-16(34)3-7-18)22(20)14-23-28(26)33(43)38(31(23)41)19-8-4-17(35)5-9-19/h2-10,12-13,21-23,26-28,39H,11,14H2,1H3/t21-,22+,23+,26-,27-,28+/m0/s1. The largest absolute Gasteiger partial charge is 0.503 e. The predicted octanol–water partition coefficient (Wildman–Crippen LogP) is 6.62. The Bertz CT molecular complexity index is 1780. The van der Waals surface area contributed by atoms with Crippen molar-refractivity contribution < 1.29 is 29.0 Å². The first-order valence-corrected chi connectivity index (χ1v) is 16.1. The molecule has 0 radical (unpaired) electrons. The molecule has 7 rings (SSSR count). The lowest BCUT2D eigenvalue weighted by atomic mass is 9.57. The number of fused-ring (bicyclic) bond motifs is 4. The summed E-state index contributed by atoms with van der Waals surface area (Å²) in [7, 11) is 1.41. The van der Waals surface area contributed by atoms with E-state index < -0.39 is 35.5 Å². The Kier molecular flexibility index (Phi) is 7.22. The molecule has 1 N–H and O–H groups in total. The minimum absolute atomic E-state index is 0.0439. The van der Waals surface area contributed by atoms with Crippen LogP contribution in [-0.2, 0) is 19.2 Å². The van der Waals surface area contributed by atoms with Crippen molar-refractivity contribution in [2.24, 2.45) is 29.6 Å². The smallest absolute Gasteiger partial charge is 0.238 e. The molecule has 0 spiro atoms. The van der Waals surface area contributed by atoms with Crippen LogP contribution in [0.15, 0.2) is 81.3 Å². The molecule has 1 saturated carbocycles. The number of imide groups is 2. The van der Waals surface area contributed by atoms with Crippen molar-refractivity contribution in [3.8, 4) is 11.5 Å². The predicted molar refractivity (Wildman–Crippen MR) is 170 cm³/mol. The maximum atomic E-state index is 14.2. The van der Waals surface area contributed by atoms with Crippen molar-refractivity contribution in [1.82, 2.24) is 0 Å². The van der Waals surface area contributed by atoms with Crippen LogP contribution in [0.3, 0.4) is 0 Å². The van der Waals surface area contributed by atoms with Gasteiger partial charge >= 0.3 is 0 Å². The Morgan fingerprint density at radius 3 is 1.89 bits per heavy atom. The molecule has 2 aliphatic carbocycles. The Hall–Kier alpha value is -3.47. The Morgan fingerprint density at radius 2 is 1.32 bits per heavy atom. The number of benzene rings is 3. The quantitative estimate of drug-likeness (QED) is 0.238. The number of ether oxygens (including phenoxy) is 1. The topological polar surface area (TPSA) is 104 Å². The minimum Gasteiger partial charge on any atom is -0.503 e. The van der Waals surface area contributed by atoms with E-state index in [-0.39, 0.29) is 46.6 Å². The first-order chi connectivity index (χ1) is 21.1. The number of rotatable bonds is 4. The maximum Gasteiger partial charge on any atom is 0.238 e. The van der Waals surface area contributed by atoms with Gasteiger partial charge in [0.05, 0.1) is 47.2 Å². The molecule has 6 atom stereocenters. The van der Waals surface area contributed by atoms with Gasteiger partial charge in [-0.15, -0.1) is 0 Å². The normalized spacial score (nSPS) is 27.7. The SMILES string of the molecule is COc1cc([C@H]2C3=CC[C@@H]4C(=O)N(c5ccc(Br)cc5)C(=O)[C@@H]4[C@@H]3C[C@H]3C(=O)N(c4ccc(Br)cc4)C(=O)[C@@H]23)cc(Cl)c1O. The van der Waals surface area contributed by atoms with Gasteiger partial charge in [-0.25, -0.2) is 0 Å². The van der Waals surface area contributed by atoms with E-state index in [0.717, 1.165) is 14.5 Å². The molecule has 2 aliphatic heterocycles. The monoisotopic (exact) mass is 738 g/mol. The number of nitrogens with zero attached hydrogens (tertiary/aromatic N) is 2. The summed E-state index contributed by atoms with van der Waals surface area (Å²) < 4.78 is 7.03. The van der Waals surface area contributed by atoms with E-state index in [9.17, 15) is 24.3 Å². The lowest BCUT2D eigenvalue weighted by Crippen LogP contribution is -2.43. The average Bonchev–Trinajstić information content (AvgIpc) is 3.42. The van der Waals surface area contributed by atoms with E-state index in [0.29, 0.717) is 23.4 Å². The molecular weight excluding hydrogens is 716 g/mol. The summed E-state index contributed by atoms with van der Waals surface area (Å²) in [4.78, 5) is 58.6. The van der Waals surface area contributed by atoms with E-state index in [1.165, 1.54) is 16.9 Å². The molecule has 3 fully saturated rings. The second-order valence-electron chi connectivity index (χ2n) is 11.6. The highest BCUT2D eigenvalue weighted by molar-refractivity contribution is 9.10. The zero-order valence-electron chi connectivity index (χ0n) is 23.2. The van der Waals surface area contributed by atoms with Gasteiger partial charge in [0.1, 0.15) is 0 Å². The first-order valence-electron chi connectivity index (χ1n) is 14.1. The van der Waals surface area contributed by atoms with Crippen molar-refractivity contribution in [2.75, 3.05) is 16.9 Å². The number of methoxy groups -OCH3 is 1. The fraction of sp³-hybridized carbons (Fsp3) is 0.273. The summed E-state index contributed by atoms with van der Waals surface area (Å²) in [6.07, 6.45) is 2.54. The van der Waals surface area contributed by atoms with Crippen LogP contribution in [0.4, 0.5) is 11.4 Å². The van der Waals surface area contributed by atoms with Gasteiger partial charge in [0.25, 0.3) is 0 Å². The third-order valence-electron chi connectivity index (χ3n) is 9.45. The highest BCUT2D eigenvalue weighted by Crippen LogP contribution is 2.59. The van der Waals surface area contributed by atoms with Crippen LogP contribution in [-0.4, -0.2) is 35.8 Å². The number of amides is 4. The molecule has 224 valence electrons. The van der Waals surface area contributed by atoms with Crippen LogP contribution in [0.5, 0.6) is 11.5 Å². The summed E-state index contributed by atoms with van der Waals surface area (Å²) >= 11 is 13.3. The summed E-state index contributed by atoms with van der Waals surface area (Å²) in [5, 5.41) is 10.5. The van der Waals surface area contributed by atoms with Crippen LogP contribution < -0.4 is 14.5 Å². The van der Waals surface area contributed by atoms with E-state index in [1.54, 1.807) is 60.7 Å². The summed E-state index contributed by atoms with van der Waals surface area (Å²) in [6, 6.07) is 17.2. The Labute approximate surface area is 274 Å². The zero-order chi connectivity index (χ0) is 31.0. The van der Waals surface area contributed by atoms with E-state index in [2.05, 4.69) is 31.9 Å². The third-order valence-corrected chi connectivity index (χ3v) is 10.8. The van der Waals surface area contributed by atoms with E-state index in [4.69, 9.17) is 16.3 Å². The second kappa shape index (κ2) is 10.9. The molecule has 3 aromatic carbocycles. The number of halogens is 3. The number of hydrogen-bond donors (Lipinski definition) is 1. The molecule has 0 bridgehead atoms. The molecule has 4 amide bonds. The molecular formula is C33H25Br2ClN2O6. The van der Waals surface area contributed by atoms with Gasteiger partial charge in [0.2, 0.25) is 23.6 Å². The number of anilines is 2. The first kappa shape index (κ1) is 29.3.